The van der Waals surface area contributed by atoms with E-state index in [1.165, 1.54) is 0 Å². The minimum Gasteiger partial charge on any atom is -0.478 e. The van der Waals surface area contributed by atoms with Crippen LogP contribution in [0.5, 0.6) is 0 Å². The van der Waals surface area contributed by atoms with Crippen LogP contribution in [-0.2, 0) is 21.5 Å². The summed E-state index contributed by atoms with van der Waals surface area (Å²) < 4.78 is 8.85. The highest BCUT2D eigenvalue weighted by Gasteiger charge is 2.49. The van der Waals surface area contributed by atoms with Crippen molar-refractivity contribution >= 4 is 34.5 Å². The van der Waals surface area contributed by atoms with Gasteiger partial charge in [-0.25, -0.2) is 9.59 Å². The largest absolute Gasteiger partial charge is 0.478 e. The number of morpholine rings is 1. The second-order valence-corrected chi connectivity index (χ2v) is 10.8. The number of nitrogens with zero attached hydrogens (tertiary/aromatic N) is 3. The number of ether oxygens (including phenoxy) is 1. The van der Waals surface area contributed by atoms with Gasteiger partial charge in [-0.3, -0.25) is 13.9 Å². The van der Waals surface area contributed by atoms with Gasteiger partial charge in [-0.15, -0.1) is 0 Å². The third-order valence-corrected chi connectivity index (χ3v) is 8.07. The van der Waals surface area contributed by atoms with Gasteiger partial charge in [0.15, 0.2) is 0 Å². The molecule has 2 fully saturated rings. The van der Waals surface area contributed by atoms with E-state index in [2.05, 4.69) is 0 Å². The zero-order valence-electron chi connectivity index (χ0n) is 21.5. The number of halogens is 1. The Kier molecular flexibility index (Phi) is 6.32. The van der Waals surface area contributed by atoms with E-state index < -0.39 is 11.5 Å². The number of amides is 1. The molecule has 1 aliphatic carbocycles. The topological polar surface area (TPSA) is 93.8 Å². The number of fused-ring (bicyclic) bond motifs is 1. The first-order valence-electron chi connectivity index (χ1n) is 13.0. The summed E-state index contributed by atoms with van der Waals surface area (Å²) in [5.74, 6) is -0.950. The Labute approximate surface area is 230 Å². The molecular formula is C30H28ClN3O5. The monoisotopic (exact) mass is 545 g/mol. The Hall–Kier alpha value is -3.88. The van der Waals surface area contributed by atoms with Crippen molar-refractivity contribution in [1.82, 2.24) is 14.0 Å². The lowest BCUT2D eigenvalue weighted by atomic mass is 10.0. The molecule has 0 unspecified atom stereocenters. The van der Waals surface area contributed by atoms with Crippen LogP contribution in [0.3, 0.4) is 0 Å². The van der Waals surface area contributed by atoms with Gasteiger partial charge in [0.1, 0.15) is 0 Å². The van der Waals surface area contributed by atoms with Crippen LogP contribution in [0.25, 0.3) is 16.7 Å². The van der Waals surface area contributed by atoms with E-state index in [1.807, 2.05) is 48.2 Å². The fraction of sp³-hybridized carbons (Fsp3) is 0.300. The average Bonchev–Trinajstić information content (AvgIpc) is 3.67. The average molecular weight is 546 g/mol. The van der Waals surface area contributed by atoms with Crippen LogP contribution in [0.15, 0.2) is 71.5 Å². The Balaban J connectivity index is 1.39. The van der Waals surface area contributed by atoms with Gasteiger partial charge in [0, 0.05) is 11.6 Å². The fourth-order valence-electron chi connectivity index (χ4n) is 5.67. The second kappa shape index (κ2) is 9.70. The number of carboxylic acids is 1. The van der Waals surface area contributed by atoms with Crippen molar-refractivity contribution in [3.05, 3.63) is 98.9 Å². The molecule has 0 radical (unpaired) electrons. The third kappa shape index (κ3) is 4.43. The lowest BCUT2D eigenvalue weighted by Gasteiger charge is -2.33. The van der Waals surface area contributed by atoms with Crippen molar-refractivity contribution in [3.63, 3.8) is 0 Å². The number of carbonyl (C=O) groups is 2. The van der Waals surface area contributed by atoms with Crippen molar-refractivity contribution < 1.29 is 19.4 Å². The maximum atomic E-state index is 14.1. The number of hydrogen-bond donors (Lipinski definition) is 1. The lowest BCUT2D eigenvalue weighted by molar-refractivity contribution is -0.138. The highest BCUT2D eigenvalue weighted by Crippen LogP contribution is 2.50. The van der Waals surface area contributed by atoms with Crippen molar-refractivity contribution in [2.45, 2.75) is 37.8 Å². The van der Waals surface area contributed by atoms with E-state index in [9.17, 15) is 19.5 Å². The summed E-state index contributed by atoms with van der Waals surface area (Å²) in [6, 6.07) is 19.7. The first kappa shape index (κ1) is 25.4. The summed E-state index contributed by atoms with van der Waals surface area (Å²) >= 11 is 6.37. The van der Waals surface area contributed by atoms with Gasteiger partial charge in [-0.1, -0.05) is 35.9 Å². The van der Waals surface area contributed by atoms with Crippen LogP contribution in [0.2, 0.25) is 5.02 Å². The molecule has 3 aromatic carbocycles. The van der Waals surface area contributed by atoms with Gasteiger partial charge in [0.25, 0.3) is 0 Å². The van der Waals surface area contributed by atoms with Crippen LogP contribution in [0.4, 0.5) is 0 Å². The van der Waals surface area contributed by atoms with Gasteiger partial charge in [-0.05, 0) is 73.4 Å². The van der Waals surface area contributed by atoms with Crippen molar-refractivity contribution in [2.75, 3.05) is 19.8 Å². The van der Waals surface area contributed by atoms with Gasteiger partial charge >= 0.3 is 11.7 Å². The van der Waals surface area contributed by atoms with Crippen molar-refractivity contribution in [1.29, 1.82) is 0 Å². The number of aromatic nitrogens is 2. The van der Waals surface area contributed by atoms with Crippen LogP contribution in [0, 0.1) is 0 Å². The van der Waals surface area contributed by atoms with E-state index in [4.69, 9.17) is 16.3 Å². The van der Waals surface area contributed by atoms with Crippen LogP contribution < -0.4 is 5.69 Å². The summed E-state index contributed by atoms with van der Waals surface area (Å²) in [5.41, 5.74) is 3.05. The molecule has 8 nitrogen and oxygen atoms in total. The van der Waals surface area contributed by atoms with Crippen molar-refractivity contribution in [3.8, 4) is 5.69 Å². The molecule has 1 aliphatic heterocycles. The molecule has 1 saturated carbocycles. The Bertz CT molecular complexity index is 1650. The molecule has 0 bridgehead atoms. The van der Waals surface area contributed by atoms with Crippen LogP contribution in [0.1, 0.15) is 41.3 Å². The minimum absolute atomic E-state index is 0.0471. The van der Waals surface area contributed by atoms with E-state index in [0.29, 0.717) is 36.0 Å². The Morgan fingerprint density at radius 2 is 1.82 bits per heavy atom. The normalized spacial score (nSPS) is 18.3. The van der Waals surface area contributed by atoms with E-state index in [-0.39, 0.29) is 29.6 Å². The van der Waals surface area contributed by atoms with Crippen molar-refractivity contribution in [2.24, 2.45) is 0 Å². The van der Waals surface area contributed by atoms with Gasteiger partial charge in [-0.2, -0.15) is 0 Å². The summed E-state index contributed by atoms with van der Waals surface area (Å²) in [5, 5.41) is 10.0. The highest BCUT2D eigenvalue weighted by molar-refractivity contribution is 6.31. The molecule has 200 valence electrons. The molecule has 9 heteroatoms. The molecule has 1 amide bonds. The summed E-state index contributed by atoms with van der Waals surface area (Å²) in [4.78, 5) is 40.4. The zero-order valence-corrected chi connectivity index (χ0v) is 22.2. The molecule has 1 aromatic heterocycles. The second-order valence-electron chi connectivity index (χ2n) is 10.4. The number of benzene rings is 3. The quantitative estimate of drug-likeness (QED) is 0.386. The lowest BCUT2D eigenvalue weighted by Crippen LogP contribution is -2.47. The molecular weight excluding hydrogens is 518 g/mol. The first-order valence-corrected chi connectivity index (χ1v) is 13.4. The molecule has 4 aromatic rings. The number of aromatic carboxylic acids is 1. The Morgan fingerprint density at radius 1 is 1.05 bits per heavy atom. The van der Waals surface area contributed by atoms with E-state index >= 15 is 0 Å². The molecule has 0 spiro atoms. The zero-order chi connectivity index (χ0) is 27.3. The molecule has 2 aliphatic rings. The summed E-state index contributed by atoms with van der Waals surface area (Å²) in [6.07, 6.45) is 1.72. The SMILES string of the molecule is C[C@H]1COCCN1C(=O)Cc1ccc(-n2c(=O)n(C3(c4cccc(C(=O)O)c4)CC3)c3ccc(Cl)cc32)cc1. The first-order chi connectivity index (χ1) is 18.8. The fourth-order valence-corrected chi connectivity index (χ4v) is 5.84. The van der Waals surface area contributed by atoms with E-state index in [1.54, 1.807) is 39.5 Å². The number of hydrogen-bond acceptors (Lipinski definition) is 4. The predicted molar refractivity (Wildman–Crippen MR) is 148 cm³/mol. The molecule has 6 rings (SSSR count). The standard InChI is InChI=1S/C30H28ClN3O5/c1-19-18-39-14-13-32(19)27(35)15-20-5-8-24(9-6-20)33-26-17-23(31)7-10-25(26)34(29(33)38)30(11-12-30)22-4-2-3-21(16-22)28(36)37/h2-10,16-17,19H,11-15,18H2,1H3,(H,36,37)/t19-/m0/s1. The Morgan fingerprint density at radius 3 is 2.51 bits per heavy atom. The maximum Gasteiger partial charge on any atom is 0.335 e. The van der Waals surface area contributed by atoms with Gasteiger partial charge < -0.3 is 14.7 Å². The molecule has 1 saturated heterocycles. The third-order valence-electron chi connectivity index (χ3n) is 7.84. The van der Waals surface area contributed by atoms with Crippen LogP contribution >= 0.6 is 11.6 Å². The molecule has 1 N–H and O–H groups in total. The van der Waals surface area contributed by atoms with Crippen LogP contribution in [-0.4, -0.2) is 56.8 Å². The minimum atomic E-state index is -1.00. The van der Waals surface area contributed by atoms with Gasteiger partial charge in [0.05, 0.1) is 53.5 Å². The van der Waals surface area contributed by atoms with E-state index in [0.717, 1.165) is 29.5 Å². The predicted octanol–water partition coefficient (Wildman–Crippen LogP) is 4.47. The highest BCUT2D eigenvalue weighted by atomic mass is 35.5. The smallest absolute Gasteiger partial charge is 0.335 e. The number of carboxylic acid groups (broad SMARTS) is 1. The number of rotatable bonds is 6. The molecule has 1 atom stereocenters. The molecule has 2 heterocycles. The van der Waals surface area contributed by atoms with Gasteiger partial charge in [0.2, 0.25) is 5.91 Å². The molecule has 39 heavy (non-hydrogen) atoms. The number of carbonyl (C=O) groups excluding carboxylic acids is 1. The summed E-state index contributed by atoms with van der Waals surface area (Å²) in [7, 11) is 0. The number of imidazole rings is 1. The maximum absolute atomic E-state index is 14.1. The summed E-state index contributed by atoms with van der Waals surface area (Å²) in [6.45, 7) is 3.66.